The lowest BCUT2D eigenvalue weighted by Gasteiger charge is -2.33. The van der Waals surface area contributed by atoms with Gasteiger partial charge in [-0.05, 0) is 7.05 Å². The fourth-order valence-corrected chi connectivity index (χ4v) is 1.80. The summed E-state index contributed by atoms with van der Waals surface area (Å²) >= 11 is 0. The van der Waals surface area contributed by atoms with Crippen LogP contribution in [0.2, 0.25) is 0 Å². The molecule has 0 spiro atoms. The first-order valence-electron chi connectivity index (χ1n) is 5.43. The Morgan fingerprint density at radius 2 is 2.12 bits per heavy atom. The summed E-state index contributed by atoms with van der Waals surface area (Å²) in [6.45, 7) is 4.12. The van der Waals surface area contributed by atoms with Crippen LogP contribution < -0.4 is 16.3 Å². The molecular formula is C10H17N5O. The van der Waals surface area contributed by atoms with Crippen molar-refractivity contribution in [2.24, 2.45) is 5.73 Å². The van der Waals surface area contributed by atoms with Crippen molar-refractivity contribution in [1.29, 1.82) is 0 Å². The molecule has 0 unspecified atom stereocenters. The lowest BCUT2D eigenvalue weighted by atomic mass is 10.3. The van der Waals surface area contributed by atoms with Crippen LogP contribution in [0.25, 0.3) is 0 Å². The lowest BCUT2D eigenvalue weighted by Crippen LogP contribution is -2.45. The molecule has 1 aliphatic rings. The van der Waals surface area contributed by atoms with E-state index in [2.05, 4.69) is 26.8 Å². The minimum Gasteiger partial charge on any atom is -0.354 e. The highest BCUT2D eigenvalue weighted by molar-refractivity contribution is 5.39. The number of hydrogen-bond acceptors (Lipinski definition) is 5. The minimum atomic E-state index is -0.322. The first kappa shape index (κ1) is 11.1. The number of piperazine rings is 1. The number of nitrogens with one attached hydrogen (secondary N) is 1. The Bertz CT molecular complexity index is 408. The predicted molar refractivity (Wildman–Crippen MR) is 62.5 cm³/mol. The zero-order valence-electron chi connectivity index (χ0n) is 9.44. The van der Waals surface area contributed by atoms with Crippen LogP contribution >= 0.6 is 0 Å². The fraction of sp³-hybridized carbons (Fsp3) is 0.600. The third-order valence-electron chi connectivity index (χ3n) is 2.83. The van der Waals surface area contributed by atoms with Gasteiger partial charge in [0, 0.05) is 44.5 Å². The second-order valence-electron chi connectivity index (χ2n) is 4.06. The Morgan fingerprint density at radius 1 is 1.44 bits per heavy atom. The molecule has 1 aromatic rings. The number of nitrogens with two attached hydrogens (primary N) is 1. The average molecular weight is 223 g/mol. The smallest absolute Gasteiger partial charge is 0.347 e. The highest BCUT2D eigenvalue weighted by Crippen LogP contribution is 2.11. The molecular weight excluding hydrogens is 206 g/mol. The van der Waals surface area contributed by atoms with E-state index in [1.807, 2.05) is 6.07 Å². The zero-order valence-corrected chi connectivity index (χ0v) is 9.44. The normalized spacial score (nSPS) is 17.8. The number of hydrogen-bond donors (Lipinski definition) is 2. The predicted octanol–water partition coefficient (Wildman–Crippen LogP) is -1.02. The first-order valence-corrected chi connectivity index (χ1v) is 5.43. The molecule has 0 saturated carbocycles. The van der Waals surface area contributed by atoms with E-state index in [1.165, 1.54) is 0 Å². The number of anilines is 1. The molecule has 1 aliphatic heterocycles. The standard InChI is InChI=1S/C10H17N5O/c1-14-2-4-15(5-3-14)9-6-8(7-11)12-10(16)13-9/h6H,2-5,7,11H2,1H3,(H,12,13,16). The van der Waals surface area contributed by atoms with Gasteiger partial charge in [0.05, 0.1) is 0 Å². The van der Waals surface area contributed by atoms with Crippen LogP contribution in [0.1, 0.15) is 5.69 Å². The maximum Gasteiger partial charge on any atom is 0.347 e. The fourth-order valence-electron chi connectivity index (χ4n) is 1.80. The second kappa shape index (κ2) is 4.63. The molecule has 0 radical (unpaired) electrons. The first-order chi connectivity index (χ1) is 7.69. The molecule has 16 heavy (non-hydrogen) atoms. The van der Waals surface area contributed by atoms with E-state index in [0.29, 0.717) is 6.54 Å². The summed E-state index contributed by atoms with van der Waals surface area (Å²) in [5, 5.41) is 0. The molecule has 0 aliphatic carbocycles. The van der Waals surface area contributed by atoms with Crippen LogP contribution in [0.5, 0.6) is 0 Å². The van der Waals surface area contributed by atoms with Crippen LogP contribution in [-0.2, 0) is 6.54 Å². The van der Waals surface area contributed by atoms with Gasteiger partial charge in [0.15, 0.2) is 0 Å². The van der Waals surface area contributed by atoms with Crippen molar-refractivity contribution in [2.75, 3.05) is 38.1 Å². The Morgan fingerprint density at radius 3 is 2.75 bits per heavy atom. The molecule has 2 rings (SSSR count). The maximum atomic E-state index is 11.3. The molecule has 0 bridgehead atoms. The van der Waals surface area contributed by atoms with Gasteiger partial charge >= 0.3 is 5.69 Å². The summed E-state index contributed by atoms with van der Waals surface area (Å²) in [5.41, 5.74) is 5.92. The topological polar surface area (TPSA) is 78.2 Å². The minimum absolute atomic E-state index is 0.322. The summed E-state index contributed by atoms with van der Waals surface area (Å²) in [6, 6.07) is 1.85. The van der Waals surface area contributed by atoms with Crippen LogP contribution in [0.15, 0.2) is 10.9 Å². The molecule has 0 aromatic carbocycles. The second-order valence-corrected chi connectivity index (χ2v) is 4.06. The van der Waals surface area contributed by atoms with Gasteiger partial charge in [-0.25, -0.2) is 4.79 Å². The van der Waals surface area contributed by atoms with Gasteiger partial charge in [0.25, 0.3) is 0 Å². The number of aromatic amines is 1. The molecule has 1 fully saturated rings. The third-order valence-corrected chi connectivity index (χ3v) is 2.83. The van der Waals surface area contributed by atoms with Crippen LogP contribution in [0, 0.1) is 0 Å². The third kappa shape index (κ3) is 2.40. The van der Waals surface area contributed by atoms with Gasteiger partial charge < -0.3 is 20.5 Å². The highest BCUT2D eigenvalue weighted by Gasteiger charge is 2.15. The Kier molecular flexibility index (Phi) is 3.21. The quantitative estimate of drug-likeness (QED) is 0.671. The monoisotopic (exact) mass is 223 g/mol. The molecule has 6 nitrogen and oxygen atoms in total. The van der Waals surface area contributed by atoms with Gasteiger partial charge in [0.2, 0.25) is 0 Å². The summed E-state index contributed by atoms with van der Waals surface area (Å²) in [5.74, 6) is 0.734. The molecule has 0 atom stereocenters. The summed E-state index contributed by atoms with van der Waals surface area (Å²) < 4.78 is 0. The van der Waals surface area contributed by atoms with E-state index >= 15 is 0 Å². The Balaban J connectivity index is 2.20. The number of nitrogens with zero attached hydrogens (tertiary/aromatic N) is 3. The summed E-state index contributed by atoms with van der Waals surface area (Å²) in [4.78, 5) is 22.3. The van der Waals surface area contributed by atoms with Crippen molar-refractivity contribution < 1.29 is 0 Å². The molecule has 6 heteroatoms. The van der Waals surface area contributed by atoms with E-state index in [1.54, 1.807) is 0 Å². The van der Waals surface area contributed by atoms with Gasteiger partial charge in [-0.3, -0.25) is 0 Å². The van der Waals surface area contributed by atoms with Crippen molar-refractivity contribution in [3.63, 3.8) is 0 Å². The molecule has 1 saturated heterocycles. The van der Waals surface area contributed by atoms with Crippen molar-refractivity contribution in [2.45, 2.75) is 6.54 Å². The molecule has 3 N–H and O–H groups in total. The van der Waals surface area contributed by atoms with Crippen LogP contribution in [0.3, 0.4) is 0 Å². The largest absolute Gasteiger partial charge is 0.354 e. The molecule has 1 aromatic heterocycles. The van der Waals surface area contributed by atoms with E-state index in [0.717, 1.165) is 37.7 Å². The number of aromatic nitrogens is 2. The van der Waals surface area contributed by atoms with E-state index in [-0.39, 0.29) is 5.69 Å². The maximum absolute atomic E-state index is 11.3. The van der Waals surface area contributed by atoms with Gasteiger partial charge in [-0.15, -0.1) is 0 Å². The number of rotatable bonds is 2. The Hall–Kier alpha value is -1.40. The van der Waals surface area contributed by atoms with E-state index in [4.69, 9.17) is 5.73 Å². The molecule has 0 amide bonds. The number of likely N-dealkylation sites (N-methyl/N-ethyl adjacent to an activating group) is 1. The van der Waals surface area contributed by atoms with Crippen LogP contribution in [-0.4, -0.2) is 48.1 Å². The van der Waals surface area contributed by atoms with Gasteiger partial charge in [-0.2, -0.15) is 4.98 Å². The van der Waals surface area contributed by atoms with Crippen molar-refractivity contribution in [3.05, 3.63) is 22.2 Å². The highest BCUT2D eigenvalue weighted by atomic mass is 16.1. The van der Waals surface area contributed by atoms with Crippen molar-refractivity contribution >= 4 is 5.82 Å². The van der Waals surface area contributed by atoms with Crippen LogP contribution in [0.4, 0.5) is 5.82 Å². The average Bonchev–Trinajstić information content (AvgIpc) is 2.29. The SMILES string of the molecule is CN1CCN(c2cc(CN)[nH]c(=O)n2)CC1. The van der Waals surface area contributed by atoms with Crippen molar-refractivity contribution in [1.82, 2.24) is 14.9 Å². The zero-order chi connectivity index (χ0) is 11.5. The molecule has 2 heterocycles. The van der Waals surface area contributed by atoms with Crippen molar-refractivity contribution in [3.8, 4) is 0 Å². The number of H-pyrrole nitrogens is 1. The lowest BCUT2D eigenvalue weighted by molar-refractivity contribution is 0.312. The van der Waals surface area contributed by atoms with Gasteiger partial charge in [-0.1, -0.05) is 0 Å². The summed E-state index contributed by atoms with van der Waals surface area (Å²) in [6.07, 6.45) is 0. The Labute approximate surface area is 94.1 Å². The molecule has 88 valence electrons. The van der Waals surface area contributed by atoms with E-state index in [9.17, 15) is 4.79 Å². The summed E-state index contributed by atoms with van der Waals surface area (Å²) in [7, 11) is 2.09. The van der Waals surface area contributed by atoms with Gasteiger partial charge in [0.1, 0.15) is 5.82 Å². The van der Waals surface area contributed by atoms with E-state index < -0.39 is 0 Å².